The highest BCUT2D eigenvalue weighted by atomic mass is 19.1. The number of urea groups is 1. The molecule has 1 atom stereocenters. The van der Waals surface area contributed by atoms with Crippen LogP contribution in [0, 0.1) is 12.7 Å². The van der Waals surface area contributed by atoms with Gasteiger partial charge in [0.1, 0.15) is 5.75 Å². The number of rotatable bonds is 6. The molecule has 4 rings (SSSR count). The Morgan fingerprint density at radius 1 is 1.03 bits per heavy atom. The van der Waals surface area contributed by atoms with Gasteiger partial charge in [-0.25, -0.2) is 9.18 Å². The summed E-state index contributed by atoms with van der Waals surface area (Å²) in [6.45, 7) is 7.41. The summed E-state index contributed by atoms with van der Waals surface area (Å²) in [5.41, 5.74) is 3.27. The summed E-state index contributed by atoms with van der Waals surface area (Å²) in [6, 6.07) is 22.5. The zero-order valence-corrected chi connectivity index (χ0v) is 19.1. The van der Waals surface area contributed by atoms with E-state index in [9.17, 15) is 9.18 Å². The van der Waals surface area contributed by atoms with Crippen LogP contribution < -0.4 is 10.1 Å². The Balaban J connectivity index is 1.31. The maximum absolute atomic E-state index is 14.3. The number of benzene rings is 3. The molecule has 1 aliphatic heterocycles. The van der Waals surface area contributed by atoms with E-state index in [4.69, 9.17) is 4.74 Å². The molecule has 1 heterocycles. The van der Waals surface area contributed by atoms with E-state index >= 15 is 0 Å². The van der Waals surface area contributed by atoms with E-state index in [0.717, 1.165) is 17.7 Å². The molecule has 1 N–H and O–H groups in total. The SMILES string of the molecule is Cc1ccc(CNC(=O)N2CCN(Cc3ccc(F)c(Oc4ccccc4)c3)[C@H](C)C2)cc1. The lowest BCUT2D eigenvalue weighted by molar-refractivity contribution is 0.0924. The molecule has 0 bridgehead atoms. The van der Waals surface area contributed by atoms with Crippen molar-refractivity contribution in [2.45, 2.75) is 33.0 Å². The van der Waals surface area contributed by atoms with Gasteiger partial charge in [0.15, 0.2) is 11.6 Å². The quantitative estimate of drug-likeness (QED) is 0.555. The molecule has 0 spiro atoms. The molecule has 2 amide bonds. The number of amides is 2. The predicted octanol–water partition coefficient (Wildman–Crippen LogP) is 5.34. The topological polar surface area (TPSA) is 44.8 Å². The van der Waals surface area contributed by atoms with Gasteiger partial charge in [-0.15, -0.1) is 0 Å². The van der Waals surface area contributed by atoms with Crippen molar-refractivity contribution in [2.75, 3.05) is 19.6 Å². The summed E-state index contributed by atoms with van der Waals surface area (Å²) in [5, 5.41) is 3.02. The molecular formula is C27H30FN3O2. The molecule has 6 heteroatoms. The van der Waals surface area contributed by atoms with E-state index in [1.54, 1.807) is 24.3 Å². The molecule has 1 saturated heterocycles. The summed E-state index contributed by atoms with van der Waals surface area (Å²) in [7, 11) is 0. The van der Waals surface area contributed by atoms with Crippen molar-refractivity contribution in [2.24, 2.45) is 0 Å². The molecule has 0 saturated carbocycles. The highest BCUT2D eigenvalue weighted by Gasteiger charge is 2.26. The van der Waals surface area contributed by atoms with Crippen molar-refractivity contribution in [3.63, 3.8) is 0 Å². The number of hydrogen-bond donors (Lipinski definition) is 1. The number of ether oxygens (including phenoxy) is 1. The minimum atomic E-state index is -0.384. The fourth-order valence-electron chi connectivity index (χ4n) is 3.98. The number of carbonyl (C=O) groups is 1. The highest BCUT2D eigenvalue weighted by molar-refractivity contribution is 5.74. The Hall–Kier alpha value is -3.38. The van der Waals surface area contributed by atoms with Gasteiger partial charge in [-0.05, 0) is 49.2 Å². The van der Waals surface area contributed by atoms with Crippen LogP contribution in [0.2, 0.25) is 0 Å². The molecule has 0 radical (unpaired) electrons. The van der Waals surface area contributed by atoms with Gasteiger partial charge < -0.3 is 15.0 Å². The minimum Gasteiger partial charge on any atom is -0.454 e. The van der Waals surface area contributed by atoms with Crippen LogP contribution in [0.3, 0.4) is 0 Å². The Morgan fingerprint density at radius 3 is 2.48 bits per heavy atom. The largest absolute Gasteiger partial charge is 0.454 e. The average Bonchev–Trinajstić information content (AvgIpc) is 2.82. The molecule has 1 fully saturated rings. The standard InChI is InChI=1S/C27H30FN3O2/c1-20-8-10-22(11-9-20)17-29-27(32)31-15-14-30(21(2)18-31)19-23-12-13-25(28)26(16-23)33-24-6-4-3-5-7-24/h3-13,16,21H,14-15,17-19H2,1-2H3,(H,29,32)/t21-/m1/s1. The third kappa shape index (κ3) is 6.11. The number of nitrogens with one attached hydrogen (secondary N) is 1. The fourth-order valence-corrected chi connectivity index (χ4v) is 3.98. The minimum absolute atomic E-state index is 0.0394. The predicted molar refractivity (Wildman–Crippen MR) is 128 cm³/mol. The molecular weight excluding hydrogens is 417 g/mol. The van der Waals surface area contributed by atoms with Gasteiger partial charge in [0.2, 0.25) is 0 Å². The van der Waals surface area contributed by atoms with Crippen LogP contribution >= 0.6 is 0 Å². The number of carbonyl (C=O) groups excluding carboxylic acids is 1. The molecule has 0 aliphatic carbocycles. The van der Waals surface area contributed by atoms with E-state index in [1.807, 2.05) is 54.3 Å². The fraction of sp³-hybridized carbons (Fsp3) is 0.296. The van der Waals surface area contributed by atoms with Gasteiger partial charge in [-0.3, -0.25) is 4.90 Å². The van der Waals surface area contributed by atoms with Crippen LogP contribution in [0.1, 0.15) is 23.6 Å². The second-order valence-electron chi connectivity index (χ2n) is 8.59. The Morgan fingerprint density at radius 2 is 1.76 bits per heavy atom. The van der Waals surface area contributed by atoms with Crippen LogP contribution in [0.25, 0.3) is 0 Å². The summed E-state index contributed by atoms with van der Waals surface area (Å²) in [6.07, 6.45) is 0. The van der Waals surface area contributed by atoms with Crippen molar-refractivity contribution < 1.29 is 13.9 Å². The Labute approximate surface area is 194 Å². The first kappa shape index (κ1) is 22.8. The van der Waals surface area contributed by atoms with Gasteiger partial charge >= 0.3 is 6.03 Å². The number of hydrogen-bond acceptors (Lipinski definition) is 3. The van der Waals surface area contributed by atoms with Gasteiger partial charge in [0, 0.05) is 38.8 Å². The van der Waals surface area contributed by atoms with E-state index in [2.05, 4.69) is 17.1 Å². The smallest absolute Gasteiger partial charge is 0.317 e. The third-order valence-corrected chi connectivity index (χ3v) is 5.97. The first-order valence-corrected chi connectivity index (χ1v) is 11.3. The molecule has 0 unspecified atom stereocenters. The van der Waals surface area contributed by atoms with Crippen LogP contribution in [-0.4, -0.2) is 41.5 Å². The Kier molecular flexibility index (Phi) is 7.25. The lowest BCUT2D eigenvalue weighted by Crippen LogP contribution is -2.55. The van der Waals surface area contributed by atoms with E-state index in [0.29, 0.717) is 31.9 Å². The average molecular weight is 448 g/mol. The number of nitrogens with zero attached hydrogens (tertiary/aromatic N) is 2. The summed E-state index contributed by atoms with van der Waals surface area (Å²) in [5.74, 6) is 0.443. The van der Waals surface area contributed by atoms with Crippen molar-refractivity contribution in [1.82, 2.24) is 15.1 Å². The second-order valence-corrected chi connectivity index (χ2v) is 8.59. The molecule has 33 heavy (non-hydrogen) atoms. The van der Waals surface area contributed by atoms with Gasteiger partial charge in [0.05, 0.1) is 0 Å². The lowest BCUT2D eigenvalue weighted by atomic mass is 10.1. The van der Waals surface area contributed by atoms with Crippen LogP contribution in [-0.2, 0) is 13.1 Å². The van der Waals surface area contributed by atoms with Crippen LogP contribution in [0.5, 0.6) is 11.5 Å². The molecule has 3 aromatic carbocycles. The first-order chi connectivity index (χ1) is 16.0. The number of para-hydroxylation sites is 1. The number of halogens is 1. The van der Waals surface area contributed by atoms with Crippen molar-refractivity contribution in [1.29, 1.82) is 0 Å². The van der Waals surface area contributed by atoms with Crippen LogP contribution in [0.4, 0.5) is 9.18 Å². The summed E-state index contributed by atoms with van der Waals surface area (Å²) < 4.78 is 20.0. The Bertz CT molecular complexity index is 1070. The van der Waals surface area contributed by atoms with Gasteiger partial charge in [0.25, 0.3) is 0 Å². The maximum atomic E-state index is 14.3. The van der Waals surface area contributed by atoms with Crippen molar-refractivity contribution in [3.8, 4) is 11.5 Å². The number of piperazine rings is 1. The molecule has 5 nitrogen and oxygen atoms in total. The maximum Gasteiger partial charge on any atom is 0.317 e. The zero-order chi connectivity index (χ0) is 23.2. The summed E-state index contributed by atoms with van der Waals surface area (Å²) in [4.78, 5) is 16.8. The van der Waals surface area contributed by atoms with Crippen LogP contribution in [0.15, 0.2) is 72.8 Å². The van der Waals surface area contributed by atoms with E-state index in [1.165, 1.54) is 11.6 Å². The van der Waals surface area contributed by atoms with Crippen molar-refractivity contribution in [3.05, 3.63) is 95.3 Å². The third-order valence-electron chi connectivity index (χ3n) is 5.97. The second kappa shape index (κ2) is 10.5. The summed E-state index contributed by atoms with van der Waals surface area (Å²) >= 11 is 0. The van der Waals surface area contributed by atoms with E-state index in [-0.39, 0.29) is 23.6 Å². The zero-order valence-electron chi connectivity index (χ0n) is 19.1. The highest BCUT2D eigenvalue weighted by Crippen LogP contribution is 2.26. The molecule has 0 aromatic heterocycles. The lowest BCUT2D eigenvalue weighted by Gasteiger charge is -2.39. The van der Waals surface area contributed by atoms with Gasteiger partial charge in [-0.1, -0.05) is 54.1 Å². The molecule has 3 aromatic rings. The molecule has 172 valence electrons. The normalized spacial score (nSPS) is 16.5. The van der Waals surface area contributed by atoms with E-state index < -0.39 is 0 Å². The van der Waals surface area contributed by atoms with Gasteiger partial charge in [-0.2, -0.15) is 0 Å². The monoisotopic (exact) mass is 447 g/mol. The number of aryl methyl sites for hydroxylation is 1. The molecule has 1 aliphatic rings. The first-order valence-electron chi connectivity index (χ1n) is 11.3. The van der Waals surface area contributed by atoms with Crippen molar-refractivity contribution >= 4 is 6.03 Å².